The summed E-state index contributed by atoms with van der Waals surface area (Å²) in [5.41, 5.74) is 9.22. The third kappa shape index (κ3) is 2.98. The van der Waals surface area contributed by atoms with Crippen LogP contribution in [0.1, 0.15) is 26.3 Å². The van der Waals surface area contributed by atoms with Crippen LogP contribution in [0.3, 0.4) is 0 Å². The zero-order valence-corrected chi connectivity index (χ0v) is 14.0. The van der Waals surface area contributed by atoms with Crippen molar-refractivity contribution in [3.8, 4) is 11.1 Å². The summed E-state index contributed by atoms with van der Waals surface area (Å²) in [7, 11) is 1.83. The molecule has 0 saturated carbocycles. The van der Waals surface area contributed by atoms with E-state index in [1.807, 2.05) is 51.2 Å². The molecule has 0 amide bonds. The highest BCUT2D eigenvalue weighted by Gasteiger charge is 2.10. The Labute approximate surface area is 131 Å². The number of anilines is 1. The van der Waals surface area contributed by atoms with Crippen molar-refractivity contribution in [2.24, 2.45) is 13.0 Å². The predicted octanol–water partition coefficient (Wildman–Crippen LogP) is 2.18. The highest BCUT2D eigenvalue weighted by atomic mass is 16.1. The Balaban J connectivity index is 2.90. The van der Waals surface area contributed by atoms with Crippen LogP contribution in [-0.4, -0.2) is 4.57 Å². The van der Waals surface area contributed by atoms with Gasteiger partial charge in [-0.05, 0) is 54.3 Å². The van der Waals surface area contributed by atoms with Gasteiger partial charge in [-0.15, -0.1) is 0 Å². The van der Waals surface area contributed by atoms with Crippen molar-refractivity contribution in [3.05, 3.63) is 50.8 Å². The van der Waals surface area contributed by atoms with Gasteiger partial charge in [-0.3, -0.25) is 4.79 Å². The van der Waals surface area contributed by atoms with Crippen molar-refractivity contribution in [1.82, 2.24) is 4.57 Å². The Morgan fingerprint density at radius 2 is 1.86 bits per heavy atom. The Morgan fingerprint density at radius 3 is 2.45 bits per heavy atom. The molecule has 1 aromatic carbocycles. The number of rotatable bonds is 2. The largest absolute Gasteiger partial charge is 0.399 e. The summed E-state index contributed by atoms with van der Waals surface area (Å²) in [5, 5.41) is 2.03. The van der Waals surface area contributed by atoms with Gasteiger partial charge in [0.2, 0.25) is 0 Å². The van der Waals surface area contributed by atoms with Crippen molar-refractivity contribution >= 4 is 17.8 Å². The summed E-state index contributed by atoms with van der Waals surface area (Å²) in [6, 6.07) is 7.65. The maximum Gasteiger partial charge on any atom is 0.258 e. The van der Waals surface area contributed by atoms with Crippen LogP contribution in [0.5, 0.6) is 0 Å². The second-order valence-corrected chi connectivity index (χ2v) is 6.04. The number of nitrogen functional groups attached to an aromatic ring is 1. The van der Waals surface area contributed by atoms with Gasteiger partial charge >= 0.3 is 0 Å². The quantitative estimate of drug-likeness (QED) is 0.864. The fourth-order valence-corrected chi connectivity index (χ4v) is 2.65. The van der Waals surface area contributed by atoms with E-state index in [9.17, 15) is 4.79 Å². The molecule has 3 nitrogen and oxygen atoms in total. The fourth-order valence-electron chi connectivity index (χ4n) is 2.65. The summed E-state index contributed by atoms with van der Waals surface area (Å²) < 4.78 is 1.73. The molecule has 2 N–H and O–H groups in total. The molecule has 3 heteroatoms. The summed E-state index contributed by atoms with van der Waals surface area (Å²) in [6.07, 6.45) is 4.16. The molecule has 0 bridgehead atoms. The summed E-state index contributed by atoms with van der Waals surface area (Å²) >= 11 is 0. The molecule has 2 aromatic rings. The molecule has 0 radical (unpaired) electrons. The van der Waals surface area contributed by atoms with Crippen LogP contribution in [0.4, 0.5) is 5.69 Å². The van der Waals surface area contributed by atoms with Gasteiger partial charge in [-0.1, -0.05) is 32.1 Å². The molecular weight excluding hydrogens is 272 g/mol. The number of hydrogen-bond acceptors (Lipinski definition) is 2. The zero-order valence-electron chi connectivity index (χ0n) is 14.0. The lowest BCUT2D eigenvalue weighted by atomic mass is 10.00. The maximum absolute atomic E-state index is 12.8. The molecule has 0 spiro atoms. The van der Waals surface area contributed by atoms with Gasteiger partial charge in [0.25, 0.3) is 5.56 Å². The smallest absolute Gasteiger partial charge is 0.258 e. The van der Waals surface area contributed by atoms with Crippen LogP contribution >= 0.6 is 0 Å². The standard InChI is InChI=1S/C19H24N2O/c1-6-14-10-17(16-11-15(20)8-7-13(16)4)19(22)21(5)18(14)9-12(2)3/h6-12H,20H2,1-5H3/b14-6-,18-9+. The molecule has 0 aliphatic heterocycles. The van der Waals surface area contributed by atoms with Gasteiger partial charge in [0.1, 0.15) is 0 Å². The lowest BCUT2D eigenvalue weighted by Crippen LogP contribution is -2.42. The molecule has 0 saturated heterocycles. The van der Waals surface area contributed by atoms with Crippen molar-refractivity contribution in [2.45, 2.75) is 27.7 Å². The molecule has 0 unspecified atom stereocenters. The van der Waals surface area contributed by atoms with E-state index < -0.39 is 0 Å². The first-order valence-electron chi connectivity index (χ1n) is 7.60. The van der Waals surface area contributed by atoms with Crippen LogP contribution in [0.2, 0.25) is 0 Å². The lowest BCUT2D eigenvalue weighted by Gasteiger charge is -2.10. The first-order chi connectivity index (χ1) is 10.3. The van der Waals surface area contributed by atoms with Crippen molar-refractivity contribution < 1.29 is 0 Å². The predicted molar refractivity (Wildman–Crippen MR) is 95.0 cm³/mol. The van der Waals surface area contributed by atoms with E-state index in [2.05, 4.69) is 19.9 Å². The van der Waals surface area contributed by atoms with Crippen LogP contribution < -0.4 is 21.9 Å². The fraction of sp³-hybridized carbons (Fsp3) is 0.316. The number of nitrogens with two attached hydrogens (primary N) is 1. The van der Waals surface area contributed by atoms with Crippen LogP contribution in [0.15, 0.2) is 29.1 Å². The Morgan fingerprint density at radius 1 is 1.18 bits per heavy atom. The molecular formula is C19H24N2O. The minimum atomic E-state index is 0.00574. The normalized spacial score (nSPS) is 13.2. The highest BCUT2D eigenvalue weighted by Crippen LogP contribution is 2.21. The van der Waals surface area contributed by atoms with E-state index in [4.69, 9.17) is 5.73 Å². The molecule has 0 fully saturated rings. The number of aromatic nitrogens is 1. The van der Waals surface area contributed by atoms with E-state index in [1.165, 1.54) is 0 Å². The third-order valence-electron chi connectivity index (χ3n) is 3.85. The number of benzene rings is 1. The minimum Gasteiger partial charge on any atom is -0.399 e. The Kier molecular flexibility index (Phi) is 4.55. The molecule has 0 atom stereocenters. The lowest BCUT2D eigenvalue weighted by molar-refractivity contribution is 0.796. The SMILES string of the molecule is C/C=c1/cc(-c2cc(N)ccc2C)c(=O)n(C)/c1=C/C(C)C. The van der Waals surface area contributed by atoms with Crippen LogP contribution in [0.25, 0.3) is 23.3 Å². The van der Waals surface area contributed by atoms with Crippen LogP contribution in [0, 0.1) is 12.8 Å². The zero-order chi connectivity index (χ0) is 16.4. The van der Waals surface area contributed by atoms with Gasteiger partial charge in [0.15, 0.2) is 0 Å². The van der Waals surface area contributed by atoms with Gasteiger partial charge in [-0.2, -0.15) is 0 Å². The Hall–Kier alpha value is -2.29. The second kappa shape index (κ2) is 6.22. The van der Waals surface area contributed by atoms with Gasteiger partial charge in [-0.25, -0.2) is 0 Å². The highest BCUT2D eigenvalue weighted by molar-refractivity contribution is 5.70. The Bertz CT molecular complexity index is 874. The third-order valence-corrected chi connectivity index (χ3v) is 3.85. The summed E-state index contributed by atoms with van der Waals surface area (Å²) in [5.74, 6) is 0.379. The number of nitrogens with zero attached hydrogens (tertiary/aromatic N) is 1. The molecule has 0 aliphatic carbocycles. The van der Waals surface area contributed by atoms with Crippen molar-refractivity contribution in [2.75, 3.05) is 5.73 Å². The number of pyridine rings is 1. The number of aryl methyl sites for hydroxylation is 1. The average molecular weight is 296 g/mol. The topological polar surface area (TPSA) is 48.0 Å². The molecule has 2 rings (SSSR count). The molecule has 1 heterocycles. The minimum absolute atomic E-state index is 0.00574. The first-order valence-corrected chi connectivity index (χ1v) is 7.60. The molecule has 1 aromatic heterocycles. The van der Waals surface area contributed by atoms with E-state index in [1.54, 1.807) is 4.57 Å². The van der Waals surface area contributed by atoms with Crippen LogP contribution in [-0.2, 0) is 7.05 Å². The average Bonchev–Trinajstić information content (AvgIpc) is 2.47. The first kappa shape index (κ1) is 16.1. The summed E-state index contributed by atoms with van der Waals surface area (Å²) in [6.45, 7) is 8.21. The molecule has 0 aliphatic rings. The maximum atomic E-state index is 12.8. The molecule has 116 valence electrons. The molecule has 22 heavy (non-hydrogen) atoms. The van der Waals surface area contributed by atoms with Crippen molar-refractivity contribution in [3.63, 3.8) is 0 Å². The van der Waals surface area contributed by atoms with Gasteiger partial charge in [0, 0.05) is 23.6 Å². The van der Waals surface area contributed by atoms with E-state index in [0.717, 1.165) is 21.7 Å². The second-order valence-electron chi connectivity index (χ2n) is 6.04. The summed E-state index contributed by atoms with van der Waals surface area (Å²) in [4.78, 5) is 12.8. The number of hydrogen-bond donors (Lipinski definition) is 1. The monoisotopic (exact) mass is 296 g/mol. The van der Waals surface area contributed by atoms with E-state index in [-0.39, 0.29) is 5.56 Å². The van der Waals surface area contributed by atoms with Crippen molar-refractivity contribution in [1.29, 1.82) is 0 Å². The van der Waals surface area contributed by atoms with E-state index in [0.29, 0.717) is 17.2 Å². The van der Waals surface area contributed by atoms with E-state index >= 15 is 0 Å². The van der Waals surface area contributed by atoms with Gasteiger partial charge < -0.3 is 10.3 Å². The van der Waals surface area contributed by atoms with Gasteiger partial charge in [0.05, 0.1) is 0 Å².